The first-order valence-electron chi connectivity index (χ1n) is 5.93. The maximum absolute atomic E-state index is 9.31. The van der Waals surface area contributed by atoms with Crippen LogP contribution in [0.25, 0.3) is 20.8 Å². The molecule has 0 aliphatic carbocycles. The molecule has 0 atom stereocenters. The first-order chi connectivity index (χ1) is 9.30. The molecule has 0 unspecified atom stereocenters. The second kappa shape index (κ2) is 4.95. The van der Waals surface area contributed by atoms with E-state index in [-0.39, 0.29) is 6.61 Å². The Kier molecular flexibility index (Phi) is 3.15. The topological polar surface area (TPSA) is 58.0 Å². The van der Waals surface area contributed by atoms with Gasteiger partial charge in [-0.05, 0) is 29.8 Å². The van der Waals surface area contributed by atoms with Gasteiger partial charge in [0, 0.05) is 30.7 Å². The molecule has 4 nitrogen and oxygen atoms in total. The van der Waals surface area contributed by atoms with E-state index in [0.717, 1.165) is 32.0 Å². The molecule has 2 N–H and O–H groups in total. The molecule has 0 saturated heterocycles. The molecule has 0 amide bonds. The van der Waals surface area contributed by atoms with E-state index in [0.29, 0.717) is 0 Å². The van der Waals surface area contributed by atoms with Crippen LogP contribution in [0, 0.1) is 0 Å². The molecule has 0 bridgehead atoms. The average molecular weight is 271 g/mol. The van der Waals surface area contributed by atoms with E-state index in [2.05, 4.69) is 15.3 Å². The summed E-state index contributed by atoms with van der Waals surface area (Å²) in [6, 6.07) is 7.83. The number of thiazole rings is 1. The van der Waals surface area contributed by atoms with Gasteiger partial charge in [0.15, 0.2) is 0 Å². The Labute approximate surface area is 114 Å². The van der Waals surface area contributed by atoms with Gasteiger partial charge >= 0.3 is 0 Å². The Hall–Kier alpha value is -1.98. The van der Waals surface area contributed by atoms with Crippen molar-refractivity contribution in [1.82, 2.24) is 9.97 Å². The van der Waals surface area contributed by atoms with Crippen LogP contribution >= 0.6 is 11.3 Å². The van der Waals surface area contributed by atoms with Crippen molar-refractivity contribution in [3.63, 3.8) is 0 Å². The standard InChI is InChI=1S/C14H13N3OS/c1-15-11-5-9(8-18)4-10(6-11)14-17-12-2-3-16-7-13(12)19-14/h2-7,15,18H,8H2,1H3. The lowest BCUT2D eigenvalue weighted by Crippen LogP contribution is -1.92. The summed E-state index contributed by atoms with van der Waals surface area (Å²) in [4.78, 5) is 8.71. The monoisotopic (exact) mass is 271 g/mol. The third-order valence-corrected chi connectivity index (χ3v) is 3.96. The molecule has 0 radical (unpaired) electrons. The van der Waals surface area contributed by atoms with Crippen molar-refractivity contribution in [2.45, 2.75) is 6.61 Å². The van der Waals surface area contributed by atoms with E-state index in [1.54, 1.807) is 17.5 Å². The Balaban J connectivity index is 2.14. The molecule has 5 heteroatoms. The Morgan fingerprint density at radius 2 is 2.21 bits per heavy atom. The average Bonchev–Trinajstić information content (AvgIpc) is 2.90. The number of benzene rings is 1. The summed E-state index contributed by atoms with van der Waals surface area (Å²) < 4.78 is 1.07. The predicted octanol–water partition coefficient (Wildman–Crippen LogP) is 2.89. The fourth-order valence-corrected chi connectivity index (χ4v) is 2.87. The molecule has 0 fully saturated rings. The Morgan fingerprint density at radius 3 is 2.95 bits per heavy atom. The lowest BCUT2D eigenvalue weighted by Gasteiger charge is -2.06. The molecule has 2 heterocycles. The minimum atomic E-state index is 0.0228. The maximum Gasteiger partial charge on any atom is 0.124 e. The number of fused-ring (bicyclic) bond motifs is 1. The number of hydrogen-bond donors (Lipinski definition) is 2. The van der Waals surface area contributed by atoms with Crippen molar-refractivity contribution in [2.24, 2.45) is 0 Å². The van der Waals surface area contributed by atoms with Gasteiger partial charge in [-0.2, -0.15) is 0 Å². The molecule has 96 valence electrons. The van der Waals surface area contributed by atoms with Gasteiger partial charge in [-0.1, -0.05) is 0 Å². The van der Waals surface area contributed by atoms with Gasteiger partial charge < -0.3 is 10.4 Å². The van der Waals surface area contributed by atoms with Crippen LogP contribution in [0.4, 0.5) is 5.69 Å². The van der Waals surface area contributed by atoms with Crippen LogP contribution in [-0.2, 0) is 6.61 Å². The fourth-order valence-electron chi connectivity index (χ4n) is 1.95. The van der Waals surface area contributed by atoms with Gasteiger partial charge in [-0.3, -0.25) is 4.98 Å². The zero-order chi connectivity index (χ0) is 13.2. The third kappa shape index (κ3) is 2.30. The van der Waals surface area contributed by atoms with Crippen molar-refractivity contribution < 1.29 is 5.11 Å². The van der Waals surface area contributed by atoms with Crippen molar-refractivity contribution >= 4 is 27.2 Å². The fraction of sp³-hybridized carbons (Fsp3) is 0.143. The number of nitrogens with one attached hydrogen (secondary N) is 1. The molecule has 0 aliphatic heterocycles. The van der Waals surface area contributed by atoms with E-state index in [1.165, 1.54) is 0 Å². The van der Waals surface area contributed by atoms with Gasteiger partial charge in [0.2, 0.25) is 0 Å². The maximum atomic E-state index is 9.31. The lowest BCUT2D eigenvalue weighted by molar-refractivity contribution is 0.282. The quantitative estimate of drug-likeness (QED) is 0.769. The highest BCUT2D eigenvalue weighted by Crippen LogP contribution is 2.31. The molecule has 0 spiro atoms. The molecule has 0 aliphatic rings. The minimum Gasteiger partial charge on any atom is -0.392 e. The highest BCUT2D eigenvalue weighted by molar-refractivity contribution is 7.21. The normalized spacial score (nSPS) is 10.8. The summed E-state index contributed by atoms with van der Waals surface area (Å²) in [5, 5.41) is 13.4. The van der Waals surface area contributed by atoms with Crippen LogP contribution in [0.3, 0.4) is 0 Å². The zero-order valence-electron chi connectivity index (χ0n) is 10.4. The second-order valence-electron chi connectivity index (χ2n) is 4.19. The predicted molar refractivity (Wildman–Crippen MR) is 78.3 cm³/mol. The van der Waals surface area contributed by atoms with Crippen molar-refractivity contribution in [1.29, 1.82) is 0 Å². The molecule has 1 aromatic carbocycles. The summed E-state index contributed by atoms with van der Waals surface area (Å²) in [7, 11) is 1.86. The summed E-state index contributed by atoms with van der Waals surface area (Å²) in [6.45, 7) is 0.0228. The molecule has 3 aromatic rings. The largest absolute Gasteiger partial charge is 0.392 e. The summed E-state index contributed by atoms with van der Waals surface area (Å²) in [5.41, 5.74) is 3.81. The minimum absolute atomic E-state index is 0.0228. The molecular formula is C14H13N3OS. The van der Waals surface area contributed by atoms with Crippen LogP contribution < -0.4 is 5.32 Å². The zero-order valence-corrected chi connectivity index (χ0v) is 11.2. The van der Waals surface area contributed by atoms with E-state index >= 15 is 0 Å². The van der Waals surface area contributed by atoms with Crippen molar-refractivity contribution in [2.75, 3.05) is 12.4 Å². The first-order valence-corrected chi connectivity index (χ1v) is 6.75. The van der Waals surface area contributed by atoms with Crippen LogP contribution in [0.5, 0.6) is 0 Å². The second-order valence-corrected chi connectivity index (χ2v) is 5.22. The molecule has 3 rings (SSSR count). The van der Waals surface area contributed by atoms with Gasteiger partial charge in [-0.25, -0.2) is 4.98 Å². The smallest absolute Gasteiger partial charge is 0.124 e. The Morgan fingerprint density at radius 1 is 1.32 bits per heavy atom. The number of rotatable bonds is 3. The Bertz CT molecular complexity index is 668. The van der Waals surface area contributed by atoms with Crippen LogP contribution in [0.15, 0.2) is 36.7 Å². The number of nitrogens with zero attached hydrogens (tertiary/aromatic N) is 2. The summed E-state index contributed by atoms with van der Waals surface area (Å²) in [6.07, 6.45) is 3.57. The SMILES string of the molecule is CNc1cc(CO)cc(-c2nc3ccncc3s2)c1. The number of aliphatic hydroxyl groups excluding tert-OH is 1. The van der Waals surface area contributed by atoms with Gasteiger partial charge in [-0.15, -0.1) is 11.3 Å². The van der Waals surface area contributed by atoms with E-state index in [1.807, 2.05) is 37.5 Å². The molecule has 19 heavy (non-hydrogen) atoms. The summed E-state index contributed by atoms with van der Waals surface area (Å²) in [5.74, 6) is 0. The molecular weight excluding hydrogens is 258 g/mol. The lowest BCUT2D eigenvalue weighted by atomic mass is 10.1. The molecule has 0 saturated carbocycles. The van der Waals surface area contributed by atoms with Gasteiger partial charge in [0.25, 0.3) is 0 Å². The van der Waals surface area contributed by atoms with Crippen LogP contribution in [-0.4, -0.2) is 22.1 Å². The number of pyridine rings is 1. The van der Waals surface area contributed by atoms with Gasteiger partial charge in [0.1, 0.15) is 5.01 Å². The van der Waals surface area contributed by atoms with Gasteiger partial charge in [0.05, 0.1) is 16.8 Å². The highest BCUT2D eigenvalue weighted by Gasteiger charge is 2.08. The highest BCUT2D eigenvalue weighted by atomic mass is 32.1. The summed E-state index contributed by atoms with van der Waals surface area (Å²) >= 11 is 1.61. The third-order valence-electron chi connectivity index (χ3n) is 2.90. The number of aromatic nitrogens is 2. The van der Waals surface area contributed by atoms with Crippen LogP contribution in [0.1, 0.15) is 5.56 Å². The number of hydrogen-bond acceptors (Lipinski definition) is 5. The van der Waals surface area contributed by atoms with Crippen LogP contribution in [0.2, 0.25) is 0 Å². The first kappa shape index (κ1) is 12.1. The van der Waals surface area contributed by atoms with Crippen molar-refractivity contribution in [3.8, 4) is 10.6 Å². The van der Waals surface area contributed by atoms with Crippen molar-refractivity contribution in [3.05, 3.63) is 42.2 Å². The van der Waals surface area contributed by atoms with E-state index in [4.69, 9.17) is 0 Å². The van der Waals surface area contributed by atoms with E-state index < -0.39 is 0 Å². The van der Waals surface area contributed by atoms with E-state index in [9.17, 15) is 5.11 Å². The number of aliphatic hydroxyl groups is 1. The number of anilines is 1. The molecule has 2 aromatic heterocycles.